The number of rotatable bonds is 11. The van der Waals surface area contributed by atoms with Crippen molar-refractivity contribution in [3.8, 4) is 0 Å². The zero-order valence-electron chi connectivity index (χ0n) is 19.9. The van der Waals surface area contributed by atoms with Gasteiger partial charge >= 0.3 is 0 Å². The third-order valence-corrected chi connectivity index (χ3v) is 7.13. The Morgan fingerprint density at radius 1 is 1.29 bits per heavy atom. The Balaban J connectivity index is 1.47. The van der Waals surface area contributed by atoms with Crippen LogP contribution in [0.1, 0.15) is 55.8 Å². The molecule has 4 rings (SSSR count). The van der Waals surface area contributed by atoms with Gasteiger partial charge in [0.15, 0.2) is 5.78 Å². The first-order valence-electron chi connectivity index (χ1n) is 12.1. The maximum atomic E-state index is 14.8. The van der Waals surface area contributed by atoms with E-state index in [4.69, 9.17) is 12.6 Å². The number of hydrogen-bond acceptors (Lipinski definition) is 7. The molecule has 1 aliphatic heterocycles. The quantitative estimate of drug-likeness (QED) is 0.279. The largest absolute Gasteiger partial charge is 0.297 e. The molecule has 0 bridgehead atoms. The standard InChI is InChI=1S/C25H32FN5O3S/c1-34-28-23(32)8-4-5-12-31-19(15-27-29-31)14-18-16-30(13-11-22(18)35)24(25(33)17-9-10-17)20-6-2-3-7-21(20)26/h2-3,6-7,14-15,17,22,24,35H,4-5,8-13,16H2,1H3,(H,28,32). The highest BCUT2D eigenvalue weighted by atomic mass is 32.1. The molecule has 2 heterocycles. The van der Waals surface area contributed by atoms with E-state index in [1.165, 1.54) is 13.2 Å². The lowest BCUT2D eigenvalue weighted by Crippen LogP contribution is -2.42. The fourth-order valence-electron chi connectivity index (χ4n) is 4.53. The second-order valence-electron chi connectivity index (χ2n) is 9.16. The Morgan fingerprint density at radius 3 is 2.83 bits per heavy atom. The lowest BCUT2D eigenvalue weighted by molar-refractivity contribution is -0.131. The molecule has 1 N–H and O–H groups in total. The summed E-state index contributed by atoms with van der Waals surface area (Å²) in [7, 11) is 1.41. The van der Waals surface area contributed by atoms with E-state index in [-0.39, 0.29) is 28.7 Å². The molecule has 35 heavy (non-hydrogen) atoms. The highest BCUT2D eigenvalue weighted by Gasteiger charge is 2.40. The molecule has 1 amide bonds. The molecular formula is C25H32FN5O3S. The molecular weight excluding hydrogens is 469 g/mol. The first-order chi connectivity index (χ1) is 17.0. The summed E-state index contributed by atoms with van der Waals surface area (Å²) in [6.07, 6.45) is 8.09. The van der Waals surface area contributed by atoms with E-state index >= 15 is 0 Å². The van der Waals surface area contributed by atoms with Crippen LogP contribution < -0.4 is 5.48 Å². The number of benzene rings is 1. The zero-order valence-corrected chi connectivity index (χ0v) is 20.8. The van der Waals surface area contributed by atoms with Crippen LogP contribution in [-0.2, 0) is 21.0 Å². The number of aryl methyl sites for hydroxylation is 1. The minimum absolute atomic E-state index is 0.0253. The van der Waals surface area contributed by atoms with Crippen LogP contribution in [0.5, 0.6) is 0 Å². The SMILES string of the molecule is CONC(=O)CCCCn1nncc1C=C1CN(C(C(=O)C2CC2)c2ccccc2F)CCC1S. The van der Waals surface area contributed by atoms with Crippen LogP contribution in [0.3, 0.4) is 0 Å². The number of nitrogens with zero attached hydrogens (tertiary/aromatic N) is 4. The van der Waals surface area contributed by atoms with E-state index in [2.05, 4.69) is 25.5 Å². The second-order valence-corrected chi connectivity index (χ2v) is 9.79. The minimum Gasteiger partial charge on any atom is -0.297 e. The maximum Gasteiger partial charge on any atom is 0.243 e. The molecule has 1 saturated heterocycles. The number of ketones is 1. The van der Waals surface area contributed by atoms with Crippen LogP contribution in [0.15, 0.2) is 36.0 Å². The molecule has 2 fully saturated rings. The Bertz CT molecular complexity index is 1070. The number of carbonyl (C=O) groups is 2. The van der Waals surface area contributed by atoms with Crippen molar-refractivity contribution in [1.82, 2.24) is 25.4 Å². The Labute approximate surface area is 210 Å². The summed E-state index contributed by atoms with van der Waals surface area (Å²) >= 11 is 4.79. The van der Waals surface area contributed by atoms with E-state index in [1.807, 2.05) is 10.8 Å². The van der Waals surface area contributed by atoms with Crippen LogP contribution in [0, 0.1) is 11.7 Å². The van der Waals surface area contributed by atoms with E-state index in [1.54, 1.807) is 24.4 Å². The number of amides is 1. The molecule has 188 valence electrons. The zero-order chi connectivity index (χ0) is 24.8. The first kappa shape index (κ1) is 25.5. The molecule has 1 saturated carbocycles. The van der Waals surface area contributed by atoms with Crippen LogP contribution >= 0.6 is 12.6 Å². The number of hydroxylamine groups is 1. The van der Waals surface area contributed by atoms with Gasteiger partial charge in [0.1, 0.15) is 5.82 Å². The van der Waals surface area contributed by atoms with Gasteiger partial charge in [-0.25, -0.2) is 14.6 Å². The van der Waals surface area contributed by atoms with Crippen molar-refractivity contribution >= 4 is 30.4 Å². The Kier molecular flexibility index (Phi) is 8.69. The van der Waals surface area contributed by atoms with Crippen molar-refractivity contribution in [1.29, 1.82) is 0 Å². The third-order valence-electron chi connectivity index (χ3n) is 6.54. The first-order valence-corrected chi connectivity index (χ1v) is 12.6. The molecule has 1 aromatic heterocycles. The van der Waals surface area contributed by atoms with Gasteiger partial charge in [-0.05, 0) is 49.8 Å². The average Bonchev–Trinajstić information content (AvgIpc) is 3.61. The topological polar surface area (TPSA) is 89.3 Å². The van der Waals surface area contributed by atoms with E-state index in [9.17, 15) is 14.0 Å². The fraction of sp³-hybridized carbons (Fsp3) is 0.520. The van der Waals surface area contributed by atoms with Gasteiger partial charge in [-0.1, -0.05) is 23.4 Å². The number of aromatic nitrogens is 3. The molecule has 10 heteroatoms. The molecule has 2 atom stereocenters. The highest BCUT2D eigenvalue weighted by molar-refractivity contribution is 7.81. The number of thiol groups is 1. The van der Waals surface area contributed by atoms with Crippen molar-refractivity contribution < 1.29 is 18.8 Å². The van der Waals surface area contributed by atoms with Crippen molar-refractivity contribution in [2.24, 2.45) is 5.92 Å². The lowest BCUT2D eigenvalue weighted by atomic mass is 9.93. The van der Waals surface area contributed by atoms with Crippen LogP contribution in [-0.4, -0.2) is 57.0 Å². The average molecular weight is 502 g/mol. The number of Topliss-reactive ketones (excluding diaryl/α,β-unsaturated/α-hetero) is 1. The summed E-state index contributed by atoms with van der Waals surface area (Å²) < 4.78 is 16.6. The van der Waals surface area contributed by atoms with Crippen LogP contribution in [0.2, 0.25) is 0 Å². The fourth-order valence-corrected chi connectivity index (χ4v) is 4.80. The predicted octanol–water partition coefficient (Wildman–Crippen LogP) is 3.37. The summed E-state index contributed by atoms with van der Waals surface area (Å²) in [5.41, 5.74) is 4.66. The van der Waals surface area contributed by atoms with Gasteiger partial charge in [-0.2, -0.15) is 12.6 Å². The predicted molar refractivity (Wildman–Crippen MR) is 133 cm³/mol. The number of unbranched alkanes of at least 4 members (excludes halogenated alkanes) is 1. The lowest BCUT2D eigenvalue weighted by Gasteiger charge is -2.37. The Morgan fingerprint density at radius 2 is 2.09 bits per heavy atom. The third kappa shape index (κ3) is 6.56. The molecule has 0 radical (unpaired) electrons. The number of nitrogens with one attached hydrogen (secondary N) is 1. The van der Waals surface area contributed by atoms with Crippen LogP contribution in [0.25, 0.3) is 6.08 Å². The highest BCUT2D eigenvalue weighted by Crippen LogP contribution is 2.39. The van der Waals surface area contributed by atoms with Crippen molar-refractivity contribution in [3.63, 3.8) is 0 Å². The summed E-state index contributed by atoms with van der Waals surface area (Å²) in [6, 6.07) is 6.00. The summed E-state index contributed by atoms with van der Waals surface area (Å²) in [5.74, 6) is -0.362. The minimum atomic E-state index is -0.589. The van der Waals surface area contributed by atoms with Crippen molar-refractivity contribution in [2.45, 2.75) is 56.4 Å². The molecule has 2 aliphatic rings. The molecule has 1 aliphatic carbocycles. The molecule has 8 nitrogen and oxygen atoms in total. The Hall–Kier alpha value is -2.56. The van der Waals surface area contributed by atoms with Gasteiger partial charge in [0.25, 0.3) is 0 Å². The second kappa shape index (κ2) is 11.9. The molecule has 2 unspecified atom stereocenters. The number of piperidine rings is 1. The molecule has 0 spiro atoms. The molecule has 2 aromatic rings. The monoisotopic (exact) mass is 501 g/mol. The van der Waals surface area contributed by atoms with Crippen molar-refractivity contribution in [2.75, 3.05) is 20.2 Å². The van der Waals surface area contributed by atoms with E-state index in [0.717, 1.165) is 37.0 Å². The molecule has 1 aromatic carbocycles. The number of hydrogen-bond donors (Lipinski definition) is 2. The number of likely N-dealkylation sites (tertiary alicyclic amines) is 1. The van der Waals surface area contributed by atoms with Crippen LogP contribution in [0.4, 0.5) is 4.39 Å². The van der Waals surface area contributed by atoms with Crippen molar-refractivity contribution in [3.05, 3.63) is 53.1 Å². The summed E-state index contributed by atoms with van der Waals surface area (Å²) in [4.78, 5) is 31.5. The summed E-state index contributed by atoms with van der Waals surface area (Å²) in [6.45, 7) is 1.82. The van der Waals surface area contributed by atoms with Gasteiger partial charge in [0.05, 0.1) is 25.0 Å². The van der Waals surface area contributed by atoms with Gasteiger partial charge < -0.3 is 0 Å². The van der Waals surface area contributed by atoms with E-state index in [0.29, 0.717) is 38.0 Å². The maximum absolute atomic E-state index is 14.8. The van der Waals surface area contributed by atoms with Gasteiger partial charge in [0, 0.05) is 42.8 Å². The smallest absolute Gasteiger partial charge is 0.243 e. The van der Waals surface area contributed by atoms with E-state index < -0.39 is 6.04 Å². The van der Waals surface area contributed by atoms with Gasteiger partial charge in [-0.3, -0.25) is 19.3 Å². The van der Waals surface area contributed by atoms with Gasteiger partial charge in [-0.15, -0.1) is 5.10 Å². The summed E-state index contributed by atoms with van der Waals surface area (Å²) in [5, 5.41) is 8.28. The normalized spacial score (nSPS) is 20.7. The van der Waals surface area contributed by atoms with Gasteiger partial charge in [0.2, 0.25) is 5.91 Å². The number of halogens is 1. The number of carbonyl (C=O) groups excluding carboxylic acids is 2.